The van der Waals surface area contributed by atoms with E-state index in [0.717, 1.165) is 28.1 Å². The lowest BCUT2D eigenvalue weighted by atomic mass is 10.0. The Bertz CT molecular complexity index is 1350. The van der Waals surface area contributed by atoms with Gasteiger partial charge in [-0.2, -0.15) is 0 Å². The first-order valence-electron chi connectivity index (χ1n) is 13.5. The highest BCUT2D eigenvalue weighted by molar-refractivity contribution is 7.92. The maximum absolute atomic E-state index is 14.1. The summed E-state index contributed by atoms with van der Waals surface area (Å²) in [4.78, 5) is 29.3. The minimum absolute atomic E-state index is 0.0926. The van der Waals surface area contributed by atoms with Crippen LogP contribution < -0.4 is 14.4 Å². The standard InChI is InChI=1S/C31H39N3O5S/c1-5-24(3)32-31(36)28(21-25-15-9-7-10-16-25)33(22-26-17-11-8-12-18-26)30(35)23-34(40(4,37)38)27-19-13-14-20-29(27)39-6-2/h7-20,24,28H,5-6,21-23H2,1-4H3,(H,32,36)/t24-,28-/m0/s1. The van der Waals surface area contributed by atoms with Crippen LogP contribution in [0.2, 0.25) is 0 Å². The fraction of sp³-hybridized carbons (Fsp3) is 0.355. The molecule has 9 heteroatoms. The molecule has 0 unspecified atom stereocenters. The van der Waals surface area contributed by atoms with Gasteiger partial charge in [-0.1, -0.05) is 79.7 Å². The van der Waals surface area contributed by atoms with Crippen molar-refractivity contribution in [2.75, 3.05) is 23.7 Å². The summed E-state index contributed by atoms with van der Waals surface area (Å²) in [5, 5.41) is 3.03. The number of hydrogen-bond acceptors (Lipinski definition) is 5. The minimum Gasteiger partial charge on any atom is -0.492 e. The van der Waals surface area contributed by atoms with Gasteiger partial charge in [0.15, 0.2) is 0 Å². The number of sulfonamides is 1. The summed E-state index contributed by atoms with van der Waals surface area (Å²) >= 11 is 0. The van der Waals surface area contributed by atoms with E-state index in [0.29, 0.717) is 12.4 Å². The van der Waals surface area contributed by atoms with Gasteiger partial charge in [0.1, 0.15) is 18.3 Å². The maximum Gasteiger partial charge on any atom is 0.244 e. The Labute approximate surface area is 238 Å². The van der Waals surface area contributed by atoms with Gasteiger partial charge in [0.25, 0.3) is 0 Å². The molecule has 40 heavy (non-hydrogen) atoms. The number of carbonyl (C=O) groups excluding carboxylic acids is 2. The molecule has 0 spiro atoms. The van der Waals surface area contributed by atoms with Crippen molar-refractivity contribution < 1.29 is 22.7 Å². The molecular weight excluding hydrogens is 526 g/mol. The third-order valence-electron chi connectivity index (χ3n) is 6.58. The molecule has 0 aromatic heterocycles. The maximum atomic E-state index is 14.1. The molecule has 0 radical (unpaired) electrons. The lowest BCUT2D eigenvalue weighted by Gasteiger charge is -2.34. The largest absolute Gasteiger partial charge is 0.492 e. The monoisotopic (exact) mass is 565 g/mol. The quantitative estimate of drug-likeness (QED) is 0.313. The van der Waals surface area contributed by atoms with E-state index < -0.39 is 28.5 Å². The van der Waals surface area contributed by atoms with Crippen molar-refractivity contribution in [2.45, 2.75) is 52.2 Å². The van der Waals surface area contributed by atoms with Gasteiger partial charge in [-0.15, -0.1) is 0 Å². The number of nitrogens with zero attached hydrogens (tertiary/aromatic N) is 2. The highest BCUT2D eigenvalue weighted by Gasteiger charge is 2.34. The number of para-hydroxylation sites is 2. The summed E-state index contributed by atoms with van der Waals surface area (Å²) in [5.41, 5.74) is 1.98. The lowest BCUT2D eigenvalue weighted by Crippen LogP contribution is -2.54. The Hall–Kier alpha value is -3.85. The number of carbonyl (C=O) groups is 2. The van der Waals surface area contributed by atoms with Crippen LogP contribution in [0.15, 0.2) is 84.9 Å². The minimum atomic E-state index is -3.88. The Balaban J connectivity index is 2.06. The fourth-order valence-electron chi connectivity index (χ4n) is 4.31. The lowest BCUT2D eigenvalue weighted by molar-refractivity contribution is -0.140. The first-order valence-corrected chi connectivity index (χ1v) is 15.4. The second-order valence-electron chi connectivity index (χ2n) is 9.70. The second kappa shape index (κ2) is 14.5. The molecule has 0 saturated carbocycles. The van der Waals surface area contributed by atoms with Crippen LogP contribution in [-0.4, -0.2) is 56.6 Å². The van der Waals surface area contributed by atoms with Crippen molar-refractivity contribution in [3.8, 4) is 5.75 Å². The van der Waals surface area contributed by atoms with Gasteiger partial charge < -0.3 is 15.0 Å². The molecule has 0 aliphatic rings. The van der Waals surface area contributed by atoms with E-state index in [1.807, 2.05) is 74.5 Å². The summed E-state index contributed by atoms with van der Waals surface area (Å²) in [6.45, 7) is 5.67. The third kappa shape index (κ3) is 8.58. The molecule has 0 heterocycles. The van der Waals surface area contributed by atoms with E-state index in [-0.39, 0.29) is 30.6 Å². The van der Waals surface area contributed by atoms with Gasteiger partial charge in [0, 0.05) is 19.0 Å². The Kier molecular flexibility index (Phi) is 11.1. The molecule has 2 amide bonds. The summed E-state index contributed by atoms with van der Waals surface area (Å²) in [6.07, 6.45) is 2.06. The molecule has 0 aliphatic carbocycles. The van der Waals surface area contributed by atoms with E-state index in [2.05, 4.69) is 5.32 Å². The second-order valence-corrected chi connectivity index (χ2v) is 11.6. The summed E-state index contributed by atoms with van der Waals surface area (Å²) < 4.78 is 32.7. The van der Waals surface area contributed by atoms with E-state index >= 15 is 0 Å². The molecule has 0 aliphatic heterocycles. The summed E-state index contributed by atoms with van der Waals surface area (Å²) in [5.74, 6) is -0.433. The van der Waals surface area contributed by atoms with Crippen LogP contribution in [0.25, 0.3) is 0 Å². The van der Waals surface area contributed by atoms with Crippen LogP contribution in [0.4, 0.5) is 5.69 Å². The van der Waals surface area contributed by atoms with E-state index in [4.69, 9.17) is 4.74 Å². The molecule has 0 bridgehead atoms. The van der Waals surface area contributed by atoms with Gasteiger partial charge in [0.05, 0.1) is 18.6 Å². The van der Waals surface area contributed by atoms with Crippen LogP contribution in [0.5, 0.6) is 5.75 Å². The van der Waals surface area contributed by atoms with E-state index in [1.165, 1.54) is 4.90 Å². The predicted octanol–water partition coefficient (Wildman–Crippen LogP) is 4.41. The molecule has 0 fully saturated rings. The van der Waals surface area contributed by atoms with Crippen molar-refractivity contribution in [3.63, 3.8) is 0 Å². The number of hydrogen-bond donors (Lipinski definition) is 1. The van der Waals surface area contributed by atoms with Crippen LogP contribution in [0.1, 0.15) is 38.3 Å². The average Bonchev–Trinajstić information content (AvgIpc) is 2.94. The summed E-state index contributed by atoms with van der Waals surface area (Å²) in [6, 6.07) is 24.6. The number of amides is 2. The van der Waals surface area contributed by atoms with Crippen LogP contribution >= 0.6 is 0 Å². The zero-order chi connectivity index (χ0) is 29.1. The van der Waals surface area contributed by atoms with Gasteiger partial charge in [-0.3, -0.25) is 13.9 Å². The molecule has 3 aromatic carbocycles. The number of nitrogens with one attached hydrogen (secondary N) is 1. The number of rotatable bonds is 14. The highest BCUT2D eigenvalue weighted by Crippen LogP contribution is 2.30. The highest BCUT2D eigenvalue weighted by atomic mass is 32.2. The molecule has 0 saturated heterocycles. The first kappa shape index (κ1) is 30.7. The number of ether oxygens (including phenoxy) is 1. The molecule has 214 valence electrons. The SMILES string of the molecule is CCOc1ccccc1N(CC(=O)N(Cc1ccccc1)[C@@H](Cc1ccccc1)C(=O)N[C@@H](C)CC)S(C)(=O)=O. The van der Waals surface area contributed by atoms with Crippen molar-refractivity contribution in [3.05, 3.63) is 96.1 Å². The zero-order valence-electron chi connectivity index (χ0n) is 23.6. The predicted molar refractivity (Wildman–Crippen MR) is 159 cm³/mol. The van der Waals surface area contributed by atoms with Gasteiger partial charge >= 0.3 is 0 Å². The smallest absolute Gasteiger partial charge is 0.244 e. The Morgan fingerprint density at radius 1 is 0.875 bits per heavy atom. The Morgan fingerprint density at radius 3 is 2.02 bits per heavy atom. The average molecular weight is 566 g/mol. The molecule has 3 aromatic rings. The normalized spacial score (nSPS) is 12.7. The van der Waals surface area contributed by atoms with Crippen LogP contribution in [0.3, 0.4) is 0 Å². The zero-order valence-corrected chi connectivity index (χ0v) is 24.4. The van der Waals surface area contributed by atoms with Crippen molar-refractivity contribution in [2.24, 2.45) is 0 Å². The van der Waals surface area contributed by atoms with Crippen LogP contribution in [0, 0.1) is 0 Å². The first-order chi connectivity index (χ1) is 19.1. The van der Waals surface area contributed by atoms with Crippen molar-refractivity contribution in [1.82, 2.24) is 10.2 Å². The van der Waals surface area contributed by atoms with Gasteiger partial charge in [0.2, 0.25) is 21.8 Å². The number of benzene rings is 3. The number of anilines is 1. The van der Waals surface area contributed by atoms with E-state index in [9.17, 15) is 18.0 Å². The Morgan fingerprint density at radius 2 is 1.45 bits per heavy atom. The summed E-state index contributed by atoms with van der Waals surface area (Å²) in [7, 11) is -3.88. The molecule has 1 N–H and O–H groups in total. The van der Waals surface area contributed by atoms with Crippen molar-refractivity contribution >= 4 is 27.5 Å². The van der Waals surface area contributed by atoms with Crippen LogP contribution in [-0.2, 0) is 32.6 Å². The van der Waals surface area contributed by atoms with Gasteiger partial charge in [-0.05, 0) is 43.5 Å². The molecular formula is C31H39N3O5S. The molecule has 8 nitrogen and oxygen atoms in total. The van der Waals surface area contributed by atoms with E-state index in [1.54, 1.807) is 31.2 Å². The molecule has 3 rings (SSSR count). The van der Waals surface area contributed by atoms with Crippen molar-refractivity contribution in [1.29, 1.82) is 0 Å². The van der Waals surface area contributed by atoms with Gasteiger partial charge in [-0.25, -0.2) is 8.42 Å². The third-order valence-corrected chi connectivity index (χ3v) is 7.71. The topological polar surface area (TPSA) is 96.0 Å². The fourth-order valence-corrected chi connectivity index (χ4v) is 5.16. The molecule has 2 atom stereocenters.